The van der Waals surface area contributed by atoms with Crippen molar-refractivity contribution in [2.45, 2.75) is 26.4 Å². The van der Waals surface area contributed by atoms with Crippen LogP contribution >= 0.6 is 0 Å². The quantitative estimate of drug-likeness (QED) is 0.332. The van der Waals surface area contributed by atoms with Crippen molar-refractivity contribution < 1.29 is 17.5 Å². The molecule has 7 heavy (non-hydrogen) atoms. The molecule has 0 aromatic heterocycles. The van der Waals surface area contributed by atoms with Crippen molar-refractivity contribution in [3.05, 3.63) is 0 Å². The molecule has 0 saturated heterocycles. The van der Waals surface area contributed by atoms with E-state index in [0.29, 0.717) is 0 Å². The minimum atomic E-state index is -0.750. The van der Waals surface area contributed by atoms with Gasteiger partial charge in [0.2, 0.25) is 0 Å². The monoisotopic (exact) mass is 148 g/mol. The number of rotatable bonds is 0. The molecule has 0 aromatic rings. The van der Waals surface area contributed by atoms with Crippen LogP contribution in [-0.2, 0) is 0 Å². The molecule has 0 heterocycles. The van der Waals surface area contributed by atoms with Gasteiger partial charge < -0.3 is 17.5 Å². The van der Waals surface area contributed by atoms with Gasteiger partial charge in [0, 0.05) is 0 Å². The predicted octanol–water partition coefficient (Wildman–Crippen LogP) is -3.23. The molecule has 0 rings (SSSR count). The molecule has 0 bridgehead atoms. The molecule has 0 aliphatic carbocycles. The Kier molecular flexibility index (Phi) is 12.7. The van der Waals surface area contributed by atoms with Gasteiger partial charge in [-0.15, -0.1) is 5.60 Å². The Morgan fingerprint density at radius 3 is 1.14 bits per heavy atom. The fourth-order valence-electron chi connectivity index (χ4n) is 0. The van der Waals surface area contributed by atoms with Crippen molar-refractivity contribution in [3.63, 3.8) is 0 Å². The fourth-order valence-corrected chi connectivity index (χ4v) is 0. The molecule has 40 valence electrons. The van der Waals surface area contributed by atoms with Gasteiger partial charge in [-0.25, -0.2) is 0 Å². The smallest absolute Gasteiger partial charge is 1.00 e. The van der Waals surface area contributed by atoms with Crippen molar-refractivity contribution in [3.8, 4) is 0 Å². The third-order valence-electron chi connectivity index (χ3n) is 0. The van der Waals surface area contributed by atoms with Gasteiger partial charge in [-0.1, -0.05) is 20.8 Å². The SMILES string of the molecule is CC(C)(C)[O-].[Ca+2].[Cl-]. The van der Waals surface area contributed by atoms with Crippen LogP contribution in [0.1, 0.15) is 20.8 Å². The van der Waals surface area contributed by atoms with E-state index in [0.717, 1.165) is 0 Å². The number of hydrogen-bond donors (Lipinski definition) is 0. The molecule has 1 nitrogen and oxygen atoms in total. The van der Waals surface area contributed by atoms with E-state index < -0.39 is 5.60 Å². The minimum absolute atomic E-state index is 0. The van der Waals surface area contributed by atoms with E-state index in [1.54, 1.807) is 20.8 Å². The van der Waals surface area contributed by atoms with Crippen molar-refractivity contribution >= 4 is 37.7 Å². The van der Waals surface area contributed by atoms with Crippen LogP contribution in [0.5, 0.6) is 0 Å². The average molecular weight is 149 g/mol. The number of hydrogen-bond acceptors (Lipinski definition) is 1. The second-order valence-electron chi connectivity index (χ2n) is 2.11. The Hall–Kier alpha value is 1.51. The molecule has 0 fully saturated rings. The fraction of sp³-hybridized carbons (Fsp3) is 1.00. The molecule has 0 amide bonds. The van der Waals surface area contributed by atoms with Gasteiger partial charge in [-0.3, -0.25) is 0 Å². The van der Waals surface area contributed by atoms with Crippen LogP contribution in [-0.4, -0.2) is 43.3 Å². The third kappa shape index (κ3) is 100. The standard InChI is InChI=1S/C4H9O.Ca.ClH/c1-4(2,3)5;;/h1-3H3;;1H/q-1;+2;/p-1. The van der Waals surface area contributed by atoms with Gasteiger partial charge in [0.25, 0.3) is 0 Å². The predicted molar refractivity (Wildman–Crippen MR) is 25.5 cm³/mol. The zero-order valence-electron chi connectivity index (χ0n) is 4.99. The van der Waals surface area contributed by atoms with Crippen LogP contribution in [0.4, 0.5) is 0 Å². The molecular weight excluding hydrogens is 140 g/mol. The van der Waals surface area contributed by atoms with Gasteiger partial charge in [0.05, 0.1) is 0 Å². The van der Waals surface area contributed by atoms with Crippen LogP contribution in [0.3, 0.4) is 0 Å². The maximum Gasteiger partial charge on any atom is 2.00 e. The first-order valence-corrected chi connectivity index (χ1v) is 1.70. The number of halogens is 1. The Morgan fingerprint density at radius 1 is 1.14 bits per heavy atom. The molecule has 0 spiro atoms. The summed E-state index contributed by atoms with van der Waals surface area (Å²) in [4.78, 5) is 0. The van der Waals surface area contributed by atoms with E-state index in [4.69, 9.17) is 0 Å². The van der Waals surface area contributed by atoms with E-state index in [2.05, 4.69) is 0 Å². The Balaban J connectivity index is -0.0000000800. The Labute approximate surface area is 80.9 Å². The average Bonchev–Trinajstić information content (AvgIpc) is 0.722. The second-order valence-corrected chi connectivity index (χ2v) is 2.11. The summed E-state index contributed by atoms with van der Waals surface area (Å²) in [6.07, 6.45) is 0. The third-order valence-corrected chi connectivity index (χ3v) is 0. The summed E-state index contributed by atoms with van der Waals surface area (Å²) in [7, 11) is 0. The molecule has 0 atom stereocenters. The Morgan fingerprint density at radius 2 is 1.14 bits per heavy atom. The van der Waals surface area contributed by atoms with Crippen LogP contribution < -0.4 is 17.5 Å². The first kappa shape index (κ1) is 15.8. The molecule has 0 unspecified atom stereocenters. The Bertz CT molecular complexity index is 27.2. The van der Waals surface area contributed by atoms with Gasteiger partial charge in [-0.05, 0) is 0 Å². The van der Waals surface area contributed by atoms with E-state index in [-0.39, 0.29) is 50.1 Å². The summed E-state index contributed by atoms with van der Waals surface area (Å²) < 4.78 is 0. The summed E-state index contributed by atoms with van der Waals surface area (Å²) in [5, 5.41) is 10.1. The zero-order valence-corrected chi connectivity index (χ0v) is 7.96. The zero-order chi connectivity index (χ0) is 4.50. The summed E-state index contributed by atoms with van der Waals surface area (Å²) in [6.45, 7) is 4.90. The normalized spacial score (nSPS) is 8.57. The van der Waals surface area contributed by atoms with E-state index in [1.807, 2.05) is 0 Å². The topological polar surface area (TPSA) is 23.1 Å². The maximum absolute atomic E-state index is 10.1. The minimum Gasteiger partial charge on any atom is -1.00 e. The molecular formula is C4H9CaClO. The molecule has 3 heteroatoms. The van der Waals surface area contributed by atoms with Crippen LogP contribution in [0.25, 0.3) is 0 Å². The van der Waals surface area contributed by atoms with E-state index >= 15 is 0 Å². The summed E-state index contributed by atoms with van der Waals surface area (Å²) in [5.74, 6) is 0. The van der Waals surface area contributed by atoms with Gasteiger partial charge in [-0.2, -0.15) is 0 Å². The molecule has 0 saturated carbocycles. The van der Waals surface area contributed by atoms with Crippen molar-refractivity contribution in [2.75, 3.05) is 0 Å². The molecule has 0 N–H and O–H groups in total. The van der Waals surface area contributed by atoms with Crippen LogP contribution in [0, 0.1) is 0 Å². The van der Waals surface area contributed by atoms with Gasteiger partial charge >= 0.3 is 37.7 Å². The van der Waals surface area contributed by atoms with Crippen molar-refractivity contribution in [1.82, 2.24) is 0 Å². The van der Waals surface area contributed by atoms with Gasteiger partial charge in [0.15, 0.2) is 0 Å². The van der Waals surface area contributed by atoms with Crippen LogP contribution in [0.2, 0.25) is 0 Å². The first-order valence-electron chi connectivity index (χ1n) is 1.70. The summed E-state index contributed by atoms with van der Waals surface area (Å²) in [6, 6.07) is 0. The molecule has 0 aliphatic rings. The van der Waals surface area contributed by atoms with E-state index in [1.165, 1.54) is 0 Å². The molecule has 0 radical (unpaired) electrons. The maximum atomic E-state index is 10.1. The second kappa shape index (κ2) is 5.64. The van der Waals surface area contributed by atoms with Gasteiger partial charge in [0.1, 0.15) is 0 Å². The summed E-state index contributed by atoms with van der Waals surface area (Å²) >= 11 is 0. The summed E-state index contributed by atoms with van der Waals surface area (Å²) in [5.41, 5.74) is -0.750. The molecule has 0 aliphatic heterocycles. The van der Waals surface area contributed by atoms with Crippen molar-refractivity contribution in [2.24, 2.45) is 0 Å². The molecule has 0 aromatic carbocycles. The van der Waals surface area contributed by atoms with Crippen molar-refractivity contribution in [1.29, 1.82) is 0 Å². The first-order chi connectivity index (χ1) is 2.00. The largest absolute Gasteiger partial charge is 2.00 e. The van der Waals surface area contributed by atoms with Crippen LogP contribution in [0.15, 0.2) is 0 Å². The van der Waals surface area contributed by atoms with E-state index in [9.17, 15) is 5.11 Å².